The average Bonchev–Trinajstić information content (AvgIpc) is 2.65. The Kier molecular flexibility index (Phi) is 8.69. The number of nitrogens with one attached hydrogen (secondary N) is 2. The van der Waals surface area contributed by atoms with Crippen molar-refractivity contribution < 1.29 is 9.53 Å². The zero-order valence-electron chi connectivity index (χ0n) is 16.8. The van der Waals surface area contributed by atoms with E-state index < -0.39 is 0 Å². The van der Waals surface area contributed by atoms with Crippen molar-refractivity contribution in [1.29, 1.82) is 0 Å². The van der Waals surface area contributed by atoms with Crippen LogP contribution >= 0.6 is 0 Å². The molecule has 0 saturated carbocycles. The smallest absolute Gasteiger partial charge is 0.243 e. The van der Waals surface area contributed by atoms with Gasteiger partial charge >= 0.3 is 0 Å². The highest BCUT2D eigenvalue weighted by molar-refractivity contribution is 5.94. The lowest BCUT2D eigenvalue weighted by Gasteiger charge is -2.12. The Balaban J connectivity index is 1.75. The van der Waals surface area contributed by atoms with Crippen molar-refractivity contribution in [2.45, 2.75) is 52.9 Å². The molecule has 146 valence electrons. The maximum atomic E-state index is 12.2. The first-order chi connectivity index (χ1) is 13.1. The zero-order valence-corrected chi connectivity index (χ0v) is 16.8. The van der Waals surface area contributed by atoms with Gasteiger partial charge in [0.1, 0.15) is 5.75 Å². The van der Waals surface area contributed by atoms with Gasteiger partial charge in [-0.2, -0.15) is 0 Å². The minimum Gasteiger partial charge on any atom is -0.494 e. The third-order valence-corrected chi connectivity index (χ3v) is 4.46. The Morgan fingerprint density at radius 2 is 1.81 bits per heavy atom. The molecule has 0 unspecified atom stereocenters. The molecule has 4 nitrogen and oxygen atoms in total. The third kappa shape index (κ3) is 7.73. The van der Waals surface area contributed by atoms with Gasteiger partial charge in [0, 0.05) is 17.4 Å². The molecule has 2 aromatic carbocycles. The molecule has 0 radical (unpaired) electrons. The molecule has 0 aromatic heterocycles. The van der Waals surface area contributed by atoms with Crippen LogP contribution in [0.1, 0.15) is 50.2 Å². The summed E-state index contributed by atoms with van der Waals surface area (Å²) >= 11 is 0. The predicted octanol–water partition coefficient (Wildman–Crippen LogP) is 5.70. The monoisotopic (exact) mass is 368 g/mol. The topological polar surface area (TPSA) is 50.4 Å². The van der Waals surface area contributed by atoms with Gasteiger partial charge in [-0.05, 0) is 44.0 Å². The number of hydrogen-bond acceptors (Lipinski definition) is 3. The van der Waals surface area contributed by atoms with Crippen LogP contribution in [0.5, 0.6) is 5.75 Å². The van der Waals surface area contributed by atoms with Gasteiger partial charge in [0.15, 0.2) is 0 Å². The maximum Gasteiger partial charge on any atom is 0.243 e. The highest BCUT2D eigenvalue weighted by Crippen LogP contribution is 2.19. The molecule has 0 bridgehead atoms. The average molecular weight is 369 g/mol. The van der Waals surface area contributed by atoms with E-state index in [2.05, 4.69) is 23.6 Å². The number of carbonyl (C=O) groups excluding carboxylic acids is 1. The summed E-state index contributed by atoms with van der Waals surface area (Å²) in [6, 6.07) is 13.8. The van der Waals surface area contributed by atoms with Crippen molar-refractivity contribution in [3.63, 3.8) is 0 Å². The molecule has 0 atom stereocenters. The molecule has 0 fully saturated rings. The number of aryl methyl sites for hydroxylation is 2. The van der Waals surface area contributed by atoms with E-state index in [1.54, 1.807) is 0 Å². The van der Waals surface area contributed by atoms with E-state index >= 15 is 0 Å². The second kappa shape index (κ2) is 11.3. The molecular weight excluding hydrogens is 336 g/mol. The molecule has 0 aliphatic rings. The van der Waals surface area contributed by atoms with Gasteiger partial charge in [0.2, 0.25) is 5.91 Å². The molecule has 0 saturated heterocycles. The van der Waals surface area contributed by atoms with E-state index in [-0.39, 0.29) is 12.5 Å². The highest BCUT2D eigenvalue weighted by atomic mass is 16.5. The standard InChI is InChI=1S/C23H32N2O2/c1-4-5-6-7-8-14-27-21-11-9-10-20(16-21)24-17-23(26)25-22-13-12-18(2)15-19(22)3/h9-13,15-16,24H,4-8,14,17H2,1-3H3,(H,25,26). The number of carbonyl (C=O) groups is 1. The van der Waals surface area contributed by atoms with Gasteiger partial charge in [0.25, 0.3) is 0 Å². The van der Waals surface area contributed by atoms with Crippen molar-refractivity contribution in [3.8, 4) is 5.75 Å². The SMILES string of the molecule is CCCCCCCOc1cccc(NCC(=O)Nc2ccc(C)cc2C)c1. The fourth-order valence-electron chi connectivity index (χ4n) is 2.92. The van der Waals surface area contributed by atoms with Crippen LogP contribution in [0.3, 0.4) is 0 Å². The molecule has 0 aliphatic carbocycles. The molecule has 2 N–H and O–H groups in total. The highest BCUT2D eigenvalue weighted by Gasteiger charge is 2.05. The molecule has 0 aliphatic heterocycles. The van der Waals surface area contributed by atoms with Gasteiger partial charge in [0.05, 0.1) is 13.2 Å². The number of ether oxygens (including phenoxy) is 1. The fourth-order valence-corrected chi connectivity index (χ4v) is 2.92. The first kappa shape index (κ1) is 20.8. The van der Waals surface area contributed by atoms with E-state index in [4.69, 9.17) is 4.74 Å². The fraction of sp³-hybridized carbons (Fsp3) is 0.435. The predicted molar refractivity (Wildman–Crippen MR) is 114 cm³/mol. The summed E-state index contributed by atoms with van der Waals surface area (Å²) < 4.78 is 5.82. The van der Waals surface area contributed by atoms with E-state index in [9.17, 15) is 4.79 Å². The van der Waals surface area contributed by atoms with Crippen molar-refractivity contribution in [2.75, 3.05) is 23.8 Å². The zero-order chi connectivity index (χ0) is 19.5. The third-order valence-electron chi connectivity index (χ3n) is 4.46. The largest absolute Gasteiger partial charge is 0.494 e. The van der Waals surface area contributed by atoms with E-state index in [0.29, 0.717) is 0 Å². The van der Waals surface area contributed by atoms with Crippen LogP contribution in [-0.2, 0) is 4.79 Å². The molecule has 27 heavy (non-hydrogen) atoms. The van der Waals surface area contributed by atoms with Gasteiger partial charge < -0.3 is 15.4 Å². The van der Waals surface area contributed by atoms with Crippen molar-refractivity contribution in [1.82, 2.24) is 0 Å². The maximum absolute atomic E-state index is 12.2. The van der Waals surface area contributed by atoms with Crippen LogP contribution in [0.4, 0.5) is 11.4 Å². The van der Waals surface area contributed by atoms with Crippen molar-refractivity contribution >= 4 is 17.3 Å². The quantitative estimate of drug-likeness (QED) is 0.500. The van der Waals surface area contributed by atoms with Gasteiger partial charge in [-0.25, -0.2) is 0 Å². The molecule has 2 aromatic rings. The second-order valence-electron chi connectivity index (χ2n) is 7.01. The number of anilines is 2. The van der Waals surface area contributed by atoms with Crippen molar-refractivity contribution in [3.05, 3.63) is 53.6 Å². The molecule has 0 spiro atoms. The van der Waals surface area contributed by atoms with E-state index in [0.717, 1.165) is 35.7 Å². The van der Waals surface area contributed by atoms with Crippen LogP contribution in [-0.4, -0.2) is 19.1 Å². The lowest BCUT2D eigenvalue weighted by Crippen LogP contribution is -2.22. The first-order valence-electron chi connectivity index (χ1n) is 9.92. The number of rotatable bonds is 11. The van der Waals surface area contributed by atoms with E-state index in [1.165, 1.54) is 31.2 Å². The normalized spacial score (nSPS) is 10.5. The molecular formula is C23H32N2O2. The Labute approximate surface area is 163 Å². The molecule has 2 rings (SSSR count). The van der Waals surface area contributed by atoms with Gasteiger partial charge in [-0.1, -0.05) is 56.4 Å². The summed E-state index contributed by atoms with van der Waals surface area (Å²) in [4.78, 5) is 12.2. The summed E-state index contributed by atoms with van der Waals surface area (Å²) in [5.41, 5.74) is 3.99. The minimum absolute atomic E-state index is 0.0656. The Morgan fingerprint density at radius 1 is 1.00 bits per heavy atom. The number of unbranched alkanes of at least 4 members (excludes halogenated alkanes) is 4. The van der Waals surface area contributed by atoms with Crippen molar-refractivity contribution in [2.24, 2.45) is 0 Å². The molecule has 1 amide bonds. The number of benzene rings is 2. The summed E-state index contributed by atoms with van der Waals surface area (Å²) in [7, 11) is 0. The number of amides is 1. The Morgan fingerprint density at radius 3 is 2.59 bits per heavy atom. The van der Waals surface area contributed by atoms with E-state index in [1.807, 2.05) is 50.2 Å². The van der Waals surface area contributed by atoms with Crippen LogP contribution in [0.25, 0.3) is 0 Å². The van der Waals surface area contributed by atoms with Crippen LogP contribution in [0, 0.1) is 13.8 Å². The summed E-state index contributed by atoms with van der Waals surface area (Å²) in [6.07, 6.45) is 6.12. The Hall–Kier alpha value is -2.49. The lowest BCUT2D eigenvalue weighted by atomic mass is 10.1. The minimum atomic E-state index is -0.0656. The number of hydrogen-bond donors (Lipinski definition) is 2. The summed E-state index contributed by atoms with van der Waals surface area (Å²) in [5, 5.41) is 6.11. The second-order valence-corrected chi connectivity index (χ2v) is 7.01. The van der Waals surface area contributed by atoms with Crippen LogP contribution in [0.2, 0.25) is 0 Å². The summed E-state index contributed by atoms with van der Waals surface area (Å²) in [5.74, 6) is 0.773. The first-order valence-corrected chi connectivity index (χ1v) is 9.92. The molecule has 0 heterocycles. The van der Waals surface area contributed by atoms with Crippen LogP contribution < -0.4 is 15.4 Å². The van der Waals surface area contributed by atoms with Gasteiger partial charge in [-0.15, -0.1) is 0 Å². The van der Waals surface area contributed by atoms with Crippen LogP contribution in [0.15, 0.2) is 42.5 Å². The summed E-state index contributed by atoms with van der Waals surface area (Å²) in [6.45, 7) is 7.21. The Bertz CT molecular complexity index is 728. The van der Waals surface area contributed by atoms with Gasteiger partial charge in [-0.3, -0.25) is 4.79 Å². The lowest BCUT2D eigenvalue weighted by molar-refractivity contribution is -0.114. The molecule has 4 heteroatoms.